The molecule has 0 N–H and O–H groups in total. The Labute approximate surface area is 144 Å². The average molecular weight is 332 g/mol. The Morgan fingerprint density at radius 1 is 0.875 bits per heavy atom. The van der Waals surface area contributed by atoms with Crippen molar-refractivity contribution in [3.63, 3.8) is 0 Å². The Bertz CT molecular complexity index is 523. The average Bonchev–Trinajstić information content (AvgIpc) is 3.29. The van der Waals surface area contributed by atoms with E-state index in [1.807, 2.05) is 12.1 Å². The number of benzene rings is 1. The second-order valence-electron chi connectivity index (χ2n) is 6.61. The molecule has 3 rings (SSSR count). The summed E-state index contributed by atoms with van der Waals surface area (Å²) in [7, 11) is 0. The first-order valence-corrected chi connectivity index (χ1v) is 9.15. The predicted molar refractivity (Wildman–Crippen MR) is 94.2 cm³/mol. The number of hydrogen-bond donors (Lipinski definition) is 0. The number of ether oxygens (including phenoxy) is 2. The van der Waals surface area contributed by atoms with Crippen LogP contribution in [-0.4, -0.2) is 68.6 Å². The maximum Gasteiger partial charge on any atom is 0.153 e. The van der Waals surface area contributed by atoms with Gasteiger partial charge in [0.15, 0.2) is 6.29 Å². The van der Waals surface area contributed by atoms with Crippen LogP contribution in [0.25, 0.3) is 0 Å². The molecule has 1 aromatic rings. The topological polar surface area (TPSA) is 42.0 Å². The fourth-order valence-corrected chi connectivity index (χ4v) is 3.42. The first-order chi connectivity index (χ1) is 11.8. The molecule has 2 aliphatic heterocycles. The van der Waals surface area contributed by atoms with Gasteiger partial charge in [-0.05, 0) is 64.0 Å². The van der Waals surface area contributed by atoms with Gasteiger partial charge in [0.05, 0.1) is 5.56 Å². The molecule has 0 amide bonds. The summed E-state index contributed by atoms with van der Waals surface area (Å²) >= 11 is 0. The van der Waals surface area contributed by atoms with Crippen molar-refractivity contribution in [2.45, 2.75) is 25.7 Å². The maximum atomic E-state index is 11.2. The van der Waals surface area contributed by atoms with Crippen LogP contribution in [-0.2, 0) is 0 Å². The van der Waals surface area contributed by atoms with Crippen LogP contribution in [0.15, 0.2) is 18.2 Å². The van der Waals surface area contributed by atoms with Crippen LogP contribution in [0.3, 0.4) is 0 Å². The van der Waals surface area contributed by atoms with E-state index < -0.39 is 0 Å². The summed E-state index contributed by atoms with van der Waals surface area (Å²) in [6.07, 6.45) is 5.99. The van der Waals surface area contributed by atoms with Crippen LogP contribution in [0.1, 0.15) is 36.0 Å². The number of nitrogens with zero attached hydrogens (tertiary/aromatic N) is 2. The van der Waals surface area contributed by atoms with Crippen LogP contribution in [0.4, 0.5) is 0 Å². The SMILES string of the molecule is O=Cc1ccc(OCCN2CCCC2)cc1OCCN1CCCC1. The highest BCUT2D eigenvalue weighted by molar-refractivity contribution is 5.79. The minimum absolute atomic E-state index is 0.586. The summed E-state index contributed by atoms with van der Waals surface area (Å²) in [6, 6.07) is 5.47. The monoisotopic (exact) mass is 332 g/mol. The molecule has 2 heterocycles. The maximum absolute atomic E-state index is 11.2. The fraction of sp³-hybridized carbons (Fsp3) is 0.632. The molecule has 0 unspecified atom stereocenters. The molecule has 0 aromatic heterocycles. The largest absolute Gasteiger partial charge is 0.492 e. The summed E-state index contributed by atoms with van der Waals surface area (Å²) < 4.78 is 11.7. The van der Waals surface area contributed by atoms with Crippen molar-refractivity contribution in [2.75, 3.05) is 52.5 Å². The van der Waals surface area contributed by atoms with Crippen molar-refractivity contribution in [3.05, 3.63) is 23.8 Å². The summed E-state index contributed by atoms with van der Waals surface area (Å²) in [5.41, 5.74) is 0.586. The number of carbonyl (C=O) groups is 1. The highest BCUT2D eigenvalue weighted by atomic mass is 16.5. The molecular weight excluding hydrogens is 304 g/mol. The lowest BCUT2D eigenvalue weighted by Gasteiger charge is -2.17. The van der Waals surface area contributed by atoms with E-state index in [4.69, 9.17) is 9.47 Å². The van der Waals surface area contributed by atoms with E-state index in [2.05, 4.69) is 9.80 Å². The predicted octanol–water partition coefficient (Wildman–Crippen LogP) is 2.45. The van der Waals surface area contributed by atoms with Gasteiger partial charge >= 0.3 is 0 Å². The highest BCUT2D eigenvalue weighted by Crippen LogP contribution is 2.24. The number of hydrogen-bond acceptors (Lipinski definition) is 5. The zero-order valence-corrected chi connectivity index (χ0v) is 14.4. The number of carbonyl (C=O) groups excluding carboxylic acids is 1. The smallest absolute Gasteiger partial charge is 0.153 e. The van der Waals surface area contributed by atoms with Gasteiger partial charge in [0.25, 0.3) is 0 Å². The number of aldehydes is 1. The minimum atomic E-state index is 0.586. The lowest BCUT2D eigenvalue weighted by atomic mass is 10.2. The molecule has 132 valence electrons. The molecule has 2 fully saturated rings. The van der Waals surface area contributed by atoms with Gasteiger partial charge < -0.3 is 9.47 Å². The van der Waals surface area contributed by atoms with E-state index >= 15 is 0 Å². The Balaban J connectivity index is 1.48. The van der Waals surface area contributed by atoms with E-state index in [1.54, 1.807) is 6.07 Å². The Hall–Kier alpha value is -1.59. The zero-order valence-electron chi connectivity index (χ0n) is 14.4. The summed E-state index contributed by atoms with van der Waals surface area (Å²) in [5.74, 6) is 1.40. The van der Waals surface area contributed by atoms with Crippen molar-refractivity contribution in [1.29, 1.82) is 0 Å². The van der Waals surface area contributed by atoms with E-state index in [0.29, 0.717) is 24.5 Å². The molecule has 0 atom stereocenters. The van der Waals surface area contributed by atoms with Crippen LogP contribution in [0.5, 0.6) is 11.5 Å². The Kier molecular flexibility index (Phi) is 6.49. The normalized spacial score (nSPS) is 18.8. The van der Waals surface area contributed by atoms with Crippen molar-refractivity contribution in [1.82, 2.24) is 9.80 Å². The van der Waals surface area contributed by atoms with Gasteiger partial charge in [0.1, 0.15) is 24.7 Å². The fourth-order valence-electron chi connectivity index (χ4n) is 3.42. The van der Waals surface area contributed by atoms with Crippen molar-refractivity contribution >= 4 is 6.29 Å². The third-order valence-corrected chi connectivity index (χ3v) is 4.85. The molecule has 0 aliphatic carbocycles. The Morgan fingerprint density at radius 2 is 1.46 bits per heavy atom. The van der Waals surface area contributed by atoms with Gasteiger partial charge in [-0.2, -0.15) is 0 Å². The van der Waals surface area contributed by atoms with Crippen molar-refractivity contribution in [3.8, 4) is 11.5 Å². The molecule has 0 bridgehead atoms. The van der Waals surface area contributed by atoms with Gasteiger partial charge in [-0.1, -0.05) is 0 Å². The second kappa shape index (κ2) is 9.04. The standard InChI is InChI=1S/C19H28N2O3/c22-16-17-5-6-18(23-13-11-20-7-1-2-8-20)15-19(17)24-14-12-21-9-3-4-10-21/h5-6,15-16H,1-4,7-14H2. The summed E-state index contributed by atoms with van der Waals surface area (Å²) in [4.78, 5) is 16.0. The molecule has 24 heavy (non-hydrogen) atoms. The van der Waals surface area contributed by atoms with E-state index in [0.717, 1.165) is 38.2 Å². The number of likely N-dealkylation sites (tertiary alicyclic amines) is 2. The lowest BCUT2D eigenvalue weighted by molar-refractivity contribution is 0.111. The molecule has 2 aliphatic rings. The van der Waals surface area contributed by atoms with Crippen LogP contribution in [0, 0.1) is 0 Å². The van der Waals surface area contributed by atoms with Crippen molar-refractivity contribution < 1.29 is 14.3 Å². The minimum Gasteiger partial charge on any atom is -0.492 e. The van der Waals surface area contributed by atoms with Crippen LogP contribution in [0.2, 0.25) is 0 Å². The van der Waals surface area contributed by atoms with Gasteiger partial charge in [-0.15, -0.1) is 0 Å². The molecule has 5 heteroatoms. The first-order valence-electron chi connectivity index (χ1n) is 9.15. The third-order valence-electron chi connectivity index (χ3n) is 4.85. The quantitative estimate of drug-likeness (QED) is 0.650. The molecular formula is C19H28N2O3. The summed E-state index contributed by atoms with van der Waals surface area (Å²) in [5, 5.41) is 0. The first kappa shape index (κ1) is 17.2. The van der Waals surface area contributed by atoms with Gasteiger partial charge in [-0.25, -0.2) is 0 Å². The molecule has 0 radical (unpaired) electrons. The Morgan fingerprint density at radius 3 is 2.04 bits per heavy atom. The molecule has 5 nitrogen and oxygen atoms in total. The number of rotatable bonds is 9. The van der Waals surface area contributed by atoms with E-state index in [-0.39, 0.29) is 0 Å². The second-order valence-corrected chi connectivity index (χ2v) is 6.61. The van der Waals surface area contributed by atoms with Crippen molar-refractivity contribution in [2.24, 2.45) is 0 Å². The molecule has 1 aromatic carbocycles. The molecule has 0 spiro atoms. The van der Waals surface area contributed by atoms with E-state index in [9.17, 15) is 4.79 Å². The summed E-state index contributed by atoms with van der Waals surface area (Å²) in [6.45, 7) is 7.83. The van der Waals surface area contributed by atoms with Gasteiger partial charge in [0, 0.05) is 19.2 Å². The van der Waals surface area contributed by atoms with Crippen LogP contribution >= 0.6 is 0 Å². The van der Waals surface area contributed by atoms with E-state index in [1.165, 1.54) is 38.8 Å². The molecule has 0 saturated carbocycles. The van der Waals surface area contributed by atoms with Gasteiger partial charge in [-0.3, -0.25) is 14.6 Å². The van der Waals surface area contributed by atoms with Crippen LogP contribution < -0.4 is 9.47 Å². The lowest BCUT2D eigenvalue weighted by Crippen LogP contribution is -2.25. The van der Waals surface area contributed by atoms with Gasteiger partial charge in [0.2, 0.25) is 0 Å². The highest BCUT2D eigenvalue weighted by Gasteiger charge is 2.13. The third kappa shape index (κ3) is 4.95. The zero-order chi connectivity index (χ0) is 16.6. The molecule has 2 saturated heterocycles.